The lowest BCUT2D eigenvalue weighted by Gasteiger charge is -2.24. The maximum Gasteiger partial charge on any atom is 0.321 e. The Morgan fingerprint density at radius 3 is 2.18 bits per heavy atom. The molecular weight excluding hydrogens is 280 g/mol. The summed E-state index contributed by atoms with van der Waals surface area (Å²) in [6, 6.07) is 4.06. The van der Waals surface area contributed by atoms with Gasteiger partial charge in [-0.3, -0.25) is 0 Å². The van der Waals surface area contributed by atoms with Gasteiger partial charge in [0.05, 0.1) is 6.61 Å². The van der Waals surface area contributed by atoms with E-state index in [1.54, 1.807) is 19.1 Å². The molecule has 0 aliphatic carbocycles. The van der Waals surface area contributed by atoms with Crippen molar-refractivity contribution < 1.29 is 14.3 Å². The van der Waals surface area contributed by atoms with Crippen LogP contribution in [-0.4, -0.2) is 51.5 Å². The van der Waals surface area contributed by atoms with Crippen LogP contribution >= 0.6 is 0 Å². The minimum atomic E-state index is -0.0943. The van der Waals surface area contributed by atoms with Crippen LogP contribution in [0.3, 0.4) is 0 Å². The molecule has 2 amide bonds. The van der Waals surface area contributed by atoms with Gasteiger partial charge in [0.2, 0.25) is 0 Å². The maximum atomic E-state index is 12.5. The van der Waals surface area contributed by atoms with Crippen molar-refractivity contribution in [3.8, 4) is 0 Å². The molecule has 0 atom stereocenters. The van der Waals surface area contributed by atoms with E-state index in [0.29, 0.717) is 26.3 Å². The number of nitrogens with zero attached hydrogens (tertiary/aromatic N) is 1. The molecule has 22 heavy (non-hydrogen) atoms. The van der Waals surface area contributed by atoms with Crippen LogP contribution < -0.4 is 5.32 Å². The van der Waals surface area contributed by atoms with Gasteiger partial charge in [-0.05, 0) is 38.3 Å². The molecule has 0 aromatic heterocycles. The van der Waals surface area contributed by atoms with Crippen molar-refractivity contribution in [1.82, 2.24) is 4.90 Å². The van der Waals surface area contributed by atoms with Gasteiger partial charge in [-0.25, -0.2) is 4.79 Å². The van der Waals surface area contributed by atoms with Crippen molar-refractivity contribution in [3.63, 3.8) is 0 Å². The minimum absolute atomic E-state index is 0.0943. The summed E-state index contributed by atoms with van der Waals surface area (Å²) in [5.74, 6) is 0. The lowest BCUT2D eigenvalue weighted by molar-refractivity contribution is 0.143. The Morgan fingerprint density at radius 2 is 1.64 bits per heavy atom. The van der Waals surface area contributed by atoms with Crippen LogP contribution in [0.1, 0.15) is 23.1 Å². The minimum Gasteiger partial charge on any atom is -0.385 e. The Balaban J connectivity index is 2.77. The Bertz CT molecular complexity index is 466. The number of nitrogens with one attached hydrogen (secondary N) is 1. The number of urea groups is 1. The summed E-state index contributed by atoms with van der Waals surface area (Å²) in [6.45, 7) is 8.45. The van der Waals surface area contributed by atoms with Gasteiger partial charge in [-0.1, -0.05) is 17.7 Å². The average Bonchev–Trinajstić information content (AvgIpc) is 2.46. The third kappa shape index (κ3) is 5.66. The zero-order chi connectivity index (χ0) is 16.5. The van der Waals surface area contributed by atoms with Crippen molar-refractivity contribution in [3.05, 3.63) is 28.8 Å². The van der Waals surface area contributed by atoms with Gasteiger partial charge >= 0.3 is 6.03 Å². The molecule has 0 spiro atoms. The summed E-state index contributed by atoms with van der Waals surface area (Å²) in [5, 5.41) is 3.03. The SMILES string of the molecule is COCCCN(CCOC)C(=O)Nc1c(C)cc(C)cc1C. The van der Waals surface area contributed by atoms with Gasteiger partial charge in [-0.2, -0.15) is 0 Å². The van der Waals surface area contributed by atoms with Crippen LogP contribution in [0, 0.1) is 20.8 Å². The topological polar surface area (TPSA) is 50.8 Å². The molecule has 1 aromatic rings. The molecule has 5 heteroatoms. The normalized spacial score (nSPS) is 10.6. The number of benzene rings is 1. The van der Waals surface area contributed by atoms with Crippen molar-refractivity contribution in [2.45, 2.75) is 27.2 Å². The van der Waals surface area contributed by atoms with Crippen LogP contribution in [0.5, 0.6) is 0 Å². The number of aryl methyl sites for hydroxylation is 3. The van der Waals surface area contributed by atoms with Crippen molar-refractivity contribution in [1.29, 1.82) is 0 Å². The number of carbonyl (C=O) groups is 1. The predicted octanol–water partition coefficient (Wildman–Crippen LogP) is 3.13. The summed E-state index contributed by atoms with van der Waals surface area (Å²) in [4.78, 5) is 14.3. The lowest BCUT2D eigenvalue weighted by atomic mass is 10.1. The molecule has 0 bridgehead atoms. The molecule has 0 radical (unpaired) electrons. The van der Waals surface area contributed by atoms with E-state index in [1.165, 1.54) is 5.56 Å². The number of methoxy groups -OCH3 is 2. The summed E-state index contributed by atoms with van der Waals surface area (Å²) < 4.78 is 10.1. The highest BCUT2D eigenvalue weighted by Crippen LogP contribution is 2.22. The summed E-state index contributed by atoms with van der Waals surface area (Å²) in [6.07, 6.45) is 0.805. The van der Waals surface area contributed by atoms with E-state index in [0.717, 1.165) is 23.2 Å². The fourth-order valence-electron chi connectivity index (χ4n) is 2.48. The van der Waals surface area contributed by atoms with Crippen LogP contribution in [0.15, 0.2) is 12.1 Å². The third-order valence-electron chi connectivity index (χ3n) is 3.54. The van der Waals surface area contributed by atoms with Gasteiger partial charge in [0.15, 0.2) is 0 Å². The average molecular weight is 308 g/mol. The number of amides is 2. The molecule has 0 saturated heterocycles. The van der Waals surface area contributed by atoms with E-state index in [1.807, 2.05) is 13.8 Å². The summed E-state index contributed by atoms with van der Waals surface area (Å²) in [5.41, 5.74) is 4.25. The Morgan fingerprint density at radius 1 is 1.05 bits per heavy atom. The van der Waals surface area contributed by atoms with E-state index in [9.17, 15) is 4.79 Å². The van der Waals surface area contributed by atoms with Gasteiger partial charge < -0.3 is 19.7 Å². The Kier molecular flexibility index (Phi) is 7.91. The predicted molar refractivity (Wildman–Crippen MR) is 89.6 cm³/mol. The fourth-order valence-corrected chi connectivity index (χ4v) is 2.48. The molecule has 0 heterocycles. The van der Waals surface area contributed by atoms with Gasteiger partial charge in [0.25, 0.3) is 0 Å². The van der Waals surface area contributed by atoms with Crippen molar-refractivity contribution in [2.24, 2.45) is 0 Å². The number of hydrogen-bond donors (Lipinski definition) is 1. The number of rotatable bonds is 8. The molecule has 0 saturated carbocycles. The maximum absolute atomic E-state index is 12.5. The second kappa shape index (κ2) is 9.43. The summed E-state index contributed by atoms with van der Waals surface area (Å²) >= 11 is 0. The molecule has 1 N–H and O–H groups in total. The molecular formula is C17H28N2O3. The van der Waals surface area contributed by atoms with E-state index in [4.69, 9.17) is 9.47 Å². The first kappa shape index (κ1) is 18.5. The molecule has 0 unspecified atom stereocenters. The van der Waals surface area contributed by atoms with Crippen molar-refractivity contribution in [2.75, 3.05) is 45.8 Å². The molecule has 124 valence electrons. The lowest BCUT2D eigenvalue weighted by Crippen LogP contribution is -2.38. The van der Waals surface area contributed by atoms with Crippen LogP contribution in [0.2, 0.25) is 0 Å². The second-order valence-corrected chi connectivity index (χ2v) is 5.53. The zero-order valence-electron chi connectivity index (χ0n) is 14.4. The van der Waals surface area contributed by atoms with E-state index in [2.05, 4.69) is 24.4 Å². The molecule has 0 fully saturated rings. The third-order valence-corrected chi connectivity index (χ3v) is 3.54. The summed E-state index contributed by atoms with van der Waals surface area (Å²) in [7, 11) is 3.30. The molecule has 1 rings (SSSR count). The number of hydrogen-bond acceptors (Lipinski definition) is 3. The van der Waals surface area contributed by atoms with Crippen LogP contribution in [0.25, 0.3) is 0 Å². The Labute approximate surface area is 133 Å². The Hall–Kier alpha value is -1.59. The number of carbonyl (C=O) groups excluding carboxylic acids is 1. The quantitative estimate of drug-likeness (QED) is 0.751. The largest absolute Gasteiger partial charge is 0.385 e. The second-order valence-electron chi connectivity index (χ2n) is 5.53. The molecule has 0 aliphatic heterocycles. The highest BCUT2D eigenvalue weighted by Gasteiger charge is 2.15. The van der Waals surface area contributed by atoms with Gasteiger partial charge in [0.1, 0.15) is 0 Å². The fraction of sp³-hybridized carbons (Fsp3) is 0.588. The first-order chi connectivity index (χ1) is 10.5. The van der Waals surface area contributed by atoms with Gasteiger partial charge in [0, 0.05) is 39.6 Å². The molecule has 1 aromatic carbocycles. The van der Waals surface area contributed by atoms with E-state index < -0.39 is 0 Å². The number of anilines is 1. The van der Waals surface area contributed by atoms with Crippen molar-refractivity contribution >= 4 is 11.7 Å². The molecule has 5 nitrogen and oxygen atoms in total. The van der Waals surface area contributed by atoms with E-state index in [-0.39, 0.29) is 6.03 Å². The van der Waals surface area contributed by atoms with E-state index >= 15 is 0 Å². The molecule has 0 aliphatic rings. The highest BCUT2D eigenvalue weighted by molar-refractivity contribution is 5.91. The smallest absolute Gasteiger partial charge is 0.321 e. The first-order valence-corrected chi connectivity index (χ1v) is 7.61. The first-order valence-electron chi connectivity index (χ1n) is 7.61. The monoisotopic (exact) mass is 308 g/mol. The standard InChI is InChI=1S/C17H28N2O3/c1-13-11-14(2)16(15(3)12-13)18-17(20)19(8-10-22-5)7-6-9-21-4/h11-12H,6-10H2,1-5H3,(H,18,20). The van der Waals surface area contributed by atoms with Crippen LogP contribution in [0.4, 0.5) is 10.5 Å². The van der Waals surface area contributed by atoms with Gasteiger partial charge in [-0.15, -0.1) is 0 Å². The van der Waals surface area contributed by atoms with Crippen LogP contribution in [-0.2, 0) is 9.47 Å². The zero-order valence-corrected chi connectivity index (χ0v) is 14.4. The number of ether oxygens (including phenoxy) is 2. The highest BCUT2D eigenvalue weighted by atomic mass is 16.5.